The van der Waals surface area contributed by atoms with E-state index in [1.807, 2.05) is 0 Å². The summed E-state index contributed by atoms with van der Waals surface area (Å²) in [4.78, 5) is -0.275. The molecule has 1 nitrogen and oxygen atoms in total. The van der Waals surface area contributed by atoms with E-state index in [1.165, 1.54) is 11.1 Å². The number of rotatable bonds is 3. The lowest BCUT2D eigenvalue weighted by Gasteiger charge is -2.34. The molecule has 2 aromatic rings. The maximum atomic E-state index is 6.67. The van der Waals surface area contributed by atoms with Gasteiger partial charge in [-0.25, -0.2) is 0 Å². The molecule has 0 spiro atoms. The second-order valence-corrected chi connectivity index (χ2v) is 6.17. The monoisotopic (exact) mass is 267 g/mol. The molecule has 0 bridgehead atoms. The molecule has 0 amide bonds. The van der Waals surface area contributed by atoms with E-state index in [4.69, 9.17) is 5.73 Å². The van der Waals surface area contributed by atoms with E-state index in [0.29, 0.717) is 0 Å². The zero-order chi connectivity index (χ0) is 13.1. The van der Waals surface area contributed by atoms with Gasteiger partial charge in [-0.15, -0.1) is 11.8 Å². The van der Waals surface area contributed by atoms with Crippen LogP contribution in [-0.2, 0) is 0 Å². The van der Waals surface area contributed by atoms with Crippen LogP contribution in [0.4, 0.5) is 0 Å². The fourth-order valence-electron chi connectivity index (χ4n) is 2.69. The summed E-state index contributed by atoms with van der Waals surface area (Å²) in [7, 11) is 0. The second-order valence-electron chi connectivity index (χ2n) is 4.90. The van der Waals surface area contributed by atoms with Crippen molar-refractivity contribution in [1.29, 1.82) is 0 Å². The first-order valence-corrected chi connectivity index (χ1v) is 7.39. The highest BCUT2D eigenvalue weighted by atomic mass is 32.2. The van der Waals surface area contributed by atoms with Gasteiger partial charge in [0.15, 0.2) is 0 Å². The van der Waals surface area contributed by atoms with Crippen molar-refractivity contribution in [3.63, 3.8) is 0 Å². The number of nitrogens with two attached hydrogens (primary N) is 1. The van der Waals surface area contributed by atoms with Crippen LogP contribution in [-0.4, -0.2) is 4.87 Å². The molecule has 0 fully saturated rings. The minimum absolute atomic E-state index is 0.217. The predicted octanol–water partition coefficient (Wildman–Crippen LogP) is 4.12. The molecule has 1 aliphatic heterocycles. The normalized spacial score (nSPS) is 22.0. The zero-order valence-corrected chi connectivity index (χ0v) is 11.5. The molecule has 2 heteroatoms. The van der Waals surface area contributed by atoms with Gasteiger partial charge in [0.1, 0.15) is 0 Å². The molecule has 1 atom stereocenters. The highest BCUT2D eigenvalue weighted by Crippen LogP contribution is 2.46. The summed E-state index contributed by atoms with van der Waals surface area (Å²) in [5, 5.41) is 2.12. The van der Waals surface area contributed by atoms with Crippen molar-refractivity contribution >= 4 is 11.8 Å². The summed E-state index contributed by atoms with van der Waals surface area (Å²) in [5.74, 6) is 0.217. The van der Waals surface area contributed by atoms with E-state index in [2.05, 4.69) is 72.1 Å². The molecule has 0 aromatic heterocycles. The lowest BCUT2D eigenvalue weighted by atomic mass is 9.83. The molecular weight excluding hydrogens is 250 g/mol. The average Bonchev–Trinajstić information content (AvgIpc) is 2.89. The van der Waals surface area contributed by atoms with E-state index in [9.17, 15) is 0 Å². The summed E-state index contributed by atoms with van der Waals surface area (Å²) >= 11 is 1.74. The Morgan fingerprint density at radius 3 is 1.84 bits per heavy atom. The fourth-order valence-corrected chi connectivity index (χ4v) is 3.74. The van der Waals surface area contributed by atoms with Gasteiger partial charge >= 0.3 is 0 Å². The second kappa shape index (κ2) is 5.24. The van der Waals surface area contributed by atoms with Crippen LogP contribution < -0.4 is 5.73 Å². The molecule has 1 aliphatic rings. The molecule has 96 valence electrons. The Morgan fingerprint density at radius 1 is 0.895 bits per heavy atom. The topological polar surface area (TPSA) is 26.0 Å². The molecule has 3 rings (SSSR count). The van der Waals surface area contributed by atoms with Gasteiger partial charge in [-0.1, -0.05) is 66.7 Å². The lowest BCUT2D eigenvalue weighted by molar-refractivity contribution is 0.554. The molecule has 0 saturated carbocycles. The first-order valence-electron chi connectivity index (χ1n) is 6.51. The van der Waals surface area contributed by atoms with Gasteiger partial charge in [0.25, 0.3) is 0 Å². The van der Waals surface area contributed by atoms with Crippen molar-refractivity contribution < 1.29 is 0 Å². The number of thioether (sulfide) groups is 1. The molecule has 1 heterocycles. The van der Waals surface area contributed by atoms with Gasteiger partial charge < -0.3 is 5.73 Å². The third-order valence-corrected chi connectivity index (χ3v) is 4.74. The van der Waals surface area contributed by atoms with Crippen LogP contribution in [0.5, 0.6) is 0 Å². The van der Waals surface area contributed by atoms with Gasteiger partial charge in [0.05, 0.1) is 4.87 Å². The van der Waals surface area contributed by atoms with E-state index in [1.54, 1.807) is 11.8 Å². The van der Waals surface area contributed by atoms with Crippen molar-refractivity contribution in [3.8, 4) is 0 Å². The summed E-state index contributed by atoms with van der Waals surface area (Å²) in [6.45, 7) is 0. The lowest BCUT2D eigenvalue weighted by Crippen LogP contribution is -2.40. The minimum atomic E-state index is -0.275. The molecule has 0 radical (unpaired) electrons. The standard InChI is InChI=1S/C17H17NS/c18-17(12-7-13-19-17)16(14-8-3-1-4-9-14)15-10-5-2-6-11-15/h1-11,13,16H,12,18H2. The van der Waals surface area contributed by atoms with Crippen molar-refractivity contribution in [3.05, 3.63) is 83.3 Å². The van der Waals surface area contributed by atoms with E-state index in [0.717, 1.165) is 6.42 Å². The van der Waals surface area contributed by atoms with Crippen LogP contribution >= 0.6 is 11.8 Å². The number of hydrogen-bond donors (Lipinski definition) is 1. The Kier molecular flexibility index (Phi) is 3.45. The van der Waals surface area contributed by atoms with E-state index >= 15 is 0 Å². The SMILES string of the molecule is NC1(C(c2ccccc2)c2ccccc2)CC=CS1. The van der Waals surface area contributed by atoms with Crippen LogP contribution in [0, 0.1) is 0 Å². The van der Waals surface area contributed by atoms with E-state index < -0.39 is 0 Å². The first-order chi connectivity index (χ1) is 9.30. The predicted molar refractivity (Wildman–Crippen MR) is 83.0 cm³/mol. The largest absolute Gasteiger partial charge is 0.315 e. The molecule has 2 N–H and O–H groups in total. The fraction of sp³-hybridized carbons (Fsp3) is 0.176. The zero-order valence-electron chi connectivity index (χ0n) is 10.7. The Bertz CT molecular complexity index is 515. The number of hydrogen-bond acceptors (Lipinski definition) is 2. The van der Waals surface area contributed by atoms with Gasteiger partial charge in [-0.05, 0) is 23.0 Å². The van der Waals surface area contributed by atoms with Crippen LogP contribution in [0.2, 0.25) is 0 Å². The van der Waals surface area contributed by atoms with Crippen molar-refractivity contribution in [2.45, 2.75) is 17.2 Å². The summed E-state index contributed by atoms with van der Waals surface area (Å²) in [6.07, 6.45) is 3.08. The van der Waals surface area contributed by atoms with E-state index in [-0.39, 0.29) is 10.8 Å². The van der Waals surface area contributed by atoms with Crippen LogP contribution in [0.25, 0.3) is 0 Å². The highest BCUT2D eigenvalue weighted by molar-refractivity contribution is 8.03. The summed E-state index contributed by atoms with van der Waals surface area (Å²) < 4.78 is 0. The molecule has 2 aromatic carbocycles. The summed E-state index contributed by atoms with van der Waals surface area (Å²) in [6, 6.07) is 21.1. The highest BCUT2D eigenvalue weighted by Gasteiger charge is 2.38. The van der Waals surface area contributed by atoms with Gasteiger partial charge in [0.2, 0.25) is 0 Å². The Balaban J connectivity index is 2.06. The van der Waals surface area contributed by atoms with Gasteiger partial charge in [-0.3, -0.25) is 0 Å². The summed E-state index contributed by atoms with van der Waals surface area (Å²) in [5.41, 5.74) is 9.24. The third-order valence-electron chi connectivity index (χ3n) is 3.58. The van der Waals surface area contributed by atoms with Gasteiger partial charge in [0, 0.05) is 5.92 Å². The molecule has 0 saturated heterocycles. The first kappa shape index (κ1) is 12.5. The Labute approximate surface area is 118 Å². The average molecular weight is 267 g/mol. The Morgan fingerprint density at radius 2 is 1.42 bits per heavy atom. The van der Waals surface area contributed by atoms with Crippen LogP contribution in [0.1, 0.15) is 23.5 Å². The third kappa shape index (κ3) is 2.46. The maximum Gasteiger partial charge on any atom is 0.0806 e. The van der Waals surface area contributed by atoms with Crippen LogP contribution in [0.3, 0.4) is 0 Å². The maximum absolute atomic E-state index is 6.67. The van der Waals surface area contributed by atoms with Crippen molar-refractivity contribution in [2.75, 3.05) is 0 Å². The van der Waals surface area contributed by atoms with Crippen LogP contribution in [0.15, 0.2) is 72.1 Å². The van der Waals surface area contributed by atoms with Crippen molar-refractivity contribution in [1.82, 2.24) is 0 Å². The minimum Gasteiger partial charge on any atom is -0.315 e. The molecule has 0 aliphatic carbocycles. The van der Waals surface area contributed by atoms with Crippen molar-refractivity contribution in [2.24, 2.45) is 5.73 Å². The quantitative estimate of drug-likeness (QED) is 0.905. The molecule has 1 unspecified atom stereocenters. The smallest absolute Gasteiger partial charge is 0.0806 e. The van der Waals surface area contributed by atoms with Gasteiger partial charge in [-0.2, -0.15) is 0 Å². The number of benzene rings is 2. The molecular formula is C17H17NS. The molecule has 19 heavy (non-hydrogen) atoms. The Hall–Kier alpha value is -1.51.